The number of halogens is 2. The van der Waals surface area contributed by atoms with Crippen LogP contribution in [0, 0.1) is 0 Å². The van der Waals surface area contributed by atoms with Gasteiger partial charge in [-0.15, -0.1) is 0 Å². The second-order valence-electron chi connectivity index (χ2n) is 3.55. The quantitative estimate of drug-likeness (QED) is 0.857. The Morgan fingerprint density at radius 2 is 1.62 bits per heavy atom. The van der Waals surface area contributed by atoms with Crippen LogP contribution in [0.15, 0.2) is 48.5 Å². The molecule has 2 aromatic rings. The van der Waals surface area contributed by atoms with Crippen molar-refractivity contribution in [1.29, 1.82) is 0 Å². The zero-order chi connectivity index (χ0) is 11.5. The molecule has 2 aromatic carbocycles. The lowest BCUT2D eigenvalue weighted by Gasteiger charge is -2.14. The van der Waals surface area contributed by atoms with Crippen molar-refractivity contribution in [2.24, 2.45) is 5.73 Å². The Bertz CT molecular complexity index is 483. The van der Waals surface area contributed by atoms with E-state index >= 15 is 0 Å². The molecule has 0 heterocycles. The fraction of sp³-hybridized carbons (Fsp3) is 0.0769. The van der Waals surface area contributed by atoms with Crippen LogP contribution in [0.4, 0.5) is 0 Å². The van der Waals surface area contributed by atoms with Crippen LogP contribution in [0.5, 0.6) is 0 Å². The van der Waals surface area contributed by atoms with E-state index in [1.165, 1.54) is 0 Å². The summed E-state index contributed by atoms with van der Waals surface area (Å²) in [5.74, 6) is 0. The van der Waals surface area contributed by atoms with Crippen LogP contribution < -0.4 is 5.73 Å². The molecule has 0 bridgehead atoms. The maximum Gasteiger partial charge on any atom is 0.0566 e. The summed E-state index contributed by atoms with van der Waals surface area (Å²) in [5, 5.41) is 1.22. The van der Waals surface area contributed by atoms with Crippen LogP contribution in [0.25, 0.3) is 0 Å². The third kappa shape index (κ3) is 2.38. The van der Waals surface area contributed by atoms with E-state index in [2.05, 4.69) is 0 Å². The van der Waals surface area contributed by atoms with E-state index < -0.39 is 0 Å². The zero-order valence-electron chi connectivity index (χ0n) is 8.53. The lowest BCUT2D eigenvalue weighted by atomic mass is 10.00. The van der Waals surface area contributed by atoms with Crippen molar-refractivity contribution >= 4 is 23.2 Å². The lowest BCUT2D eigenvalue weighted by molar-refractivity contribution is 0.872. The summed E-state index contributed by atoms with van der Waals surface area (Å²) in [6.07, 6.45) is 0. The van der Waals surface area contributed by atoms with Crippen molar-refractivity contribution in [3.63, 3.8) is 0 Å². The van der Waals surface area contributed by atoms with Gasteiger partial charge in [-0.05, 0) is 23.3 Å². The molecule has 3 heteroatoms. The van der Waals surface area contributed by atoms with Crippen molar-refractivity contribution in [2.45, 2.75) is 6.04 Å². The van der Waals surface area contributed by atoms with Crippen molar-refractivity contribution in [1.82, 2.24) is 0 Å². The third-order valence-corrected chi connectivity index (χ3v) is 3.02. The topological polar surface area (TPSA) is 26.0 Å². The molecule has 0 aliphatic carbocycles. The maximum atomic E-state index is 6.14. The molecule has 0 radical (unpaired) electrons. The van der Waals surface area contributed by atoms with Gasteiger partial charge in [0.05, 0.1) is 6.04 Å². The molecule has 1 atom stereocenters. The first-order valence-corrected chi connectivity index (χ1v) is 5.69. The van der Waals surface area contributed by atoms with Gasteiger partial charge in [0, 0.05) is 10.0 Å². The molecule has 0 saturated heterocycles. The Labute approximate surface area is 105 Å². The van der Waals surface area contributed by atoms with Gasteiger partial charge in [0.1, 0.15) is 0 Å². The van der Waals surface area contributed by atoms with Gasteiger partial charge in [0.2, 0.25) is 0 Å². The van der Waals surface area contributed by atoms with Gasteiger partial charge in [-0.2, -0.15) is 0 Å². The summed E-state index contributed by atoms with van der Waals surface area (Å²) in [7, 11) is 0. The molecule has 0 fully saturated rings. The molecule has 1 nitrogen and oxygen atoms in total. The molecule has 0 saturated carbocycles. The Morgan fingerprint density at radius 1 is 0.938 bits per heavy atom. The normalized spacial score (nSPS) is 12.4. The number of benzene rings is 2. The first-order chi connectivity index (χ1) is 7.68. The van der Waals surface area contributed by atoms with Gasteiger partial charge in [0.15, 0.2) is 0 Å². The molecule has 1 unspecified atom stereocenters. The summed E-state index contributed by atoms with van der Waals surface area (Å²) in [5.41, 5.74) is 8.06. The highest BCUT2D eigenvalue weighted by atomic mass is 35.5. The molecular formula is C13H11Cl2N. The second-order valence-corrected chi connectivity index (χ2v) is 4.40. The average Bonchev–Trinajstić information content (AvgIpc) is 2.29. The summed E-state index contributed by atoms with van der Waals surface area (Å²) >= 11 is 12.0. The van der Waals surface area contributed by atoms with Gasteiger partial charge in [0.25, 0.3) is 0 Å². The van der Waals surface area contributed by atoms with E-state index in [4.69, 9.17) is 28.9 Å². The molecule has 16 heavy (non-hydrogen) atoms. The lowest BCUT2D eigenvalue weighted by Crippen LogP contribution is -2.12. The molecule has 0 spiro atoms. The largest absolute Gasteiger partial charge is 0.320 e. The van der Waals surface area contributed by atoms with Crippen LogP contribution in [0.1, 0.15) is 17.2 Å². The number of hydrogen-bond acceptors (Lipinski definition) is 1. The van der Waals surface area contributed by atoms with Gasteiger partial charge < -0.3 is 5.73 Å². The summed E-state index contributed by atoms with van der Waals surface area (Å²) in [6.45, 7) is 0. The molecular weight excluding hydrogens is 241 g/mol. The average molecular weight is 252 g/mol. The molecule has 0 aliphatic heterocycles. The van der Waals surface area contributed by atoms with Crippen molar-refractivity contribution in [3.8, 4) is 0 Å². The van der Waals surface area contributed by atoms with Crippen LogP contribution >= 0.6 is 23.2 Å². The molecule has 2 N–H and O–H groups in total. The fourth-order valence-corrected chi connectivity index (χ4v) is 2.12. The highest BCUT2D eigenvalue weighted by Gasteiger charge is 2.11. The van der Waals surface area contributed by atoms with Crippen LogP contribution in [0.3, 0.4) is 0 Å². The Kier molecular flexibility index (Phi) is 3.49. The summed E-state index contributed by atoms with van der Waals surface area (Å²) in [4.78, 5) is 0. The van der Waals surface area contributed by atoms with Gasteiger partial charge >= 0.3 is 0 Å². The van der Waals surface area contributed by atoms with Crippen LogP contribution in [0.2, 0.25) is 10.0 Å². The minimum Gasteiger partial charge on any atom is -0.320 e. The zero-order valence-corrected chi connectivity index (χ0v) is 10.0. The Balaban J connectivity index is 2.38. The Hall–Kier alpha value is -1.02. The van der Waals surface area contributed by atoms with E-state index in [-0.39, 0.29) is 6.04 Å². The second kappa shape index (κ2) is 4.88. The van der Waals surface area contributed by atoms with Gasteiger partial charge in [-0.1, -0.05) is 59.6 Å². The molecule has 82 valence electrons. The summed E-state index contributed by atoms with van der Waals surface area (Å²) < 4.78 is 0. The first kappa shape index (κ1) is 11.5. The van der Waals surface area contributed by atoms with Gasteiger partial charge in [-0.25, -0.2) is 0 Å². The SMILES string of the molecule is NC(c1ccccc1)c1ccc(Cl)cc1Cl. The third-order valence-electron chi connectivity index (χ3n) is 2.46. The number of nitrogens with two attached hydrogens (primary N) is 1. The first-order valence-electron chi connectivity index (χ1n) is 4.94. The van der Waals surface area contributed by atoms with Crippen LogP contribution in [-0.2, 0) is 0 Å². The van der Waals surface area contributed by atoms with Crippen molar-refractivity contribution in [3.05, 3.63) is 69.7 Å². The predicted molar refractivity (Wildman–Crippen MR) is 68.9 cm³/mol. The van der Waals surface area contributed by atoms with E-state index in [0.717, 1.165) is 11.1 Å². The van der Waals surface area contributed by atoms with Gasteiger partial charge in [-0.3, -0.25) is 0 Å². The molecule has 0 aliphatic rings. The highest BCUT2D eigenvalue weighted by Crippen LogP contribution is 2.28. The predicted octanol–water partition coefficient (Wildman–Crippen LogP) is 4.04. The van der Waals surface area contributed by atoms with E-state index in [1.807, 2.05) is 36.4 Å². The summed E-state index contributed by atoms with van der Waals surface area (Å²) in [6, 6.07) is 15.0. The van der Waals surface area contributed by atoms with E-state index in [0.29, 0.717) is 10.0 Å². The fourth-order valence-electron chi connectivity index (χ4n) is 1.59. The molecule has 0 amide bonds. The molecule has 0 aromatic heterocycles. The van der Waals surface area contributed by atoms with Crippen molar-refractivity contribution < 1.29 is 0 Å². The Morgan fingerprint density at radius 3 is 2.25 bits per heavy atom. The maximum absolute atomic E-state index is 6.14. The molecule has 2 rings (SSSR count). The number of rotatable bonds is 2. The standard InChI is InChI=1S/C13H11Cl2N/c14-10-6-7-11(12(15)8-10)13(16)9-4-2-1-3-5-9/h1-8,13H,16H2. The minimum absolute atomic E-state index is 0.217. The van der Waals surface area contributed by atoms with E-state index in [1.54, 1.807) is 12.1 Å². The van der Waals surface area contributed by atoms with E-state index in [9.17, 15) is 0 Å². The smallest absolute Gasteiger partial charge is 0.0566 e. The monoisotopic (exact) mass is 251 g/mol. The highest BCUT2D eigenvalue weighted by molar-refractivity contribution is 6.35. The van der Waals surface area contributed by atoms with Crippen LogP contribution in [-0.4, -0.2) is 0 Å². The van der Waals surface area contributed by atoms with Crippen molar-refractivity contribution in [2.75, 3.05) is 0 Å². The number of hydrogen-bond donors (Lipinski definition) is 1. The minimum atomic E-state index is -0.217.